The van der Waals surface area contributed by atoms with E-state index in [-0.39, 0.29) is 11.9 Å². The van der Waals surface area contributed by atoms with Crippen LogP contribution in [0.1, 0.15) is 32.1 Å². The zero-order valence-corrected chi connectivity index (χ0v) is 7.96. The normalized spacial score (nSPS) is 39.5. The van der Waals surface area contributed by atoms with Gasteiger partial charge in [0.15, 0.2) is 0 Å². The first-order valence-electron chi connectivity index (χ1n) is 5.30. The molecule has 1 saturated heterocycles. The highest BCUT2D eigenvalue weighted by Gasteiger charge is 2.33. The molecule has 3 N–H and O–H groups in total. The summed E-state index contributed by atoms with van der Waals surface area (Å²) in [4.78, 5) is 11.0. The van der Waals surface area contributed by atoms with Gasteiger partial charge in [0.25, 0.3) is 0 Å². The van der Waals surface area contributed by atoms with Gasteiger partial charge in [-0.15, -0.1) is 0 Å². The third-order valence-corrected chi connectivity index (χ3v) is 3.57. The Morgan fingerprint density at radius 2 is 1.92 bits per heavy atom. The molecule has 74 valence electrons. The number of primary amides is 1. The second kappa shape index (κ2) is 3.66. The Balaban J connectivity index is 1.95. The summed E-state index contributed by atoms with van der Waals surface area (Å²) < 4.78 is 0. The van der Waals surface area contributed by atoms with Gasteiger partial charge in [0.1, 0.15) is 0 Å². The Bertz CT molecular complexity index is 205. The number of nitrogens with two attached hydrogens (primary N) is 1. The summed E-state index contributed by atoms with van der Waals surface area (Å²) in [5.74, 6) is 1.39. The fourth-order valence-electron chi connectivity index (χ4n) is 2.76. The average Bonchev–Trinajstić information content (AvgIpc) is 2.17. The SMILES string of the molecule is NC(=O)[C@@H]1C[C@@H]2CCCC[C@@H]2CN1. The molecule has 0 spiro atoms. The van der Waals surface area contributed by atoms with Crippen LogP contribution >= 0.6 is 0 Å². The maximum atomic E-state index is 11.0. The van der Waals surface area contributed by atoms with E-state index in [1.807, 2.05) is 0 Å². The number of carbonyl (C=O) groups excluding carboxylic acids is 1. The smallest absolute Gasteiger partial charge is 0.234 e. The molecule has 0 bridgehead atoms. The van der Waals surface area contributed by atoms with Crippen LogP contribution in [0.15, 0.2) is 0 Å². The molecule has 1 amide bonds. The molecule has 0 unspecified atom stereocenters. The highest BCUT2D eigenvalue weighted by Crippen LogP contribution is 2.35. The van der Waals surface area contributed by atoms with E-state index in [1.54, 1.807) is 0 Å². The number of fused-ring (bicyclic) bond motifs is 1. The number of hydrogen-bond donors (Lipinski definition) is 2. The minimum Gasteiger partial charge on any atom is -0.368 e. The number of piperidine rings is 1. The predicted molar refractivity (Wildman–Crippen MR) is 51.1 cm³/mol. The van der Waals surface area contributed by atoms with E-state index in [9.17, 15) is 4.79 Å². The lowest BCUT2D eigenvalue weighted by Gasteiger charge is -2.38. The quantitative estimate of drug-likeness (QED) is 0.625. The minimum atomic E-state index is -0.177. The van der Waals surface area contributed by atoms with Crippen molar-refractivity contribution in [1.29, 1.82) is 0 Å². The van der Waals surface area contributed by atoms with Crippen molar-refractivity contribution in [3.63, 3.8) is 0 Å². The number of nitrogens with one attached hydrogen (secondary N) is 1. The van der Waals surface area contributed by atoms with Gasteiger partial charge >= 0.3 is 0 Å². The standard InChI is InChI=1S/C10H18N2O/c11-10(13)9-5-7-3-1-2-4-8(7)6-12-9/h7-9,12H,1-6H2,(H2,11,13)/t7-,8+,9-/m0/s1. The monoisotopic (exact) mass is 182 g/mol. The molecule has 2 rings (SSSR count). The fourth-order valence-corrected chi connectivity index (χ4v) is 2.76. The van der Waals surface area contributed by atoms with Gasteiger partial charge in [0.2, 0.25) is 5.91 Å². The molecule has 1 saturated carbocycles. The van der Waals surface area contributed by atoms with Gasteiger partial charge in [-0.05, 0) is 31.2 Å². The largest absolute Gasteiger partial charge is 0.368 e. The molecule has 0 aromatic carbocycles. The van der Waals surface area contributed by atoms with Crippen LogP contribution in [0.3, 0.4) is 0 Å². The lowest BCUT2D eigenvalue weighted by atomic mass is 9.73. The summed E-state index contributed by atoms with van der Waals surface area (Å²) in [6.07, 6.45) is 6.32. The van der Waals surface area contributed by atoms with E-state index in [1.165, 1.54) is 25.7 Å². The van der Waals surface area contributed by atoms with E-state index in [0.717, 1.165) is 24.8 Å². The van der Waals surface area contributed by atoms with Crippen LogP contribution in [0.25, 0.3) is 0 Å². The molecule has 13 heavy (non-hydrogen) atoms. The Morgan fingerprint density at radius 3 is 2.62 bits per heavy atom. The van der Waals surface area contributed by atoms with Crippen LogP contribution in [0.5, 0.6) is 0 Å². The van der Waals surface area contributed by atoms with Gasteiger partial charge in [-0.3, -0.25) is 4.79 Å². The first-order valence-corrected chi connectivity index (χ1v) is 5.30. The zero-order valence-electron chi connectivity index (χ0n) is 7.96. The van der Waals surface area contributed by atoms with Crippen LogP contribution in [-0.4, -0.2) is 18.5 Å². The van der Waals surface area contributed by atoms with E-state index in [0.29, 0.717) is 0 Å². The van der Waals surface area contributed by atoms with Crippen molar-refractivity contribution in [3.8, 4) is 0 Å². The van der Waals surface area contributed by atoms with Crippen LogP contribution in [-0.2, 0) is 4.79 Å². The Labute approximate surface area is 79.1 Å². The third kappa shape index (κ3) is 1.85. The van der Waals surface area contributed by atoms with E-state index in [4.69, 9.17) is 5.73 Å². The fraction of sp³-hybridized carbons (Fsp3) is 0.900. The predicted octanol–water partition coefficient (Wildman–Crippen LogP) is 0.640. The molecule has 1 heterocycles. The molecule has 0 aromatic heterocycles. The molecule has 0 aromatic rings. The molecular formula is C10H18N2O. The lowest BCUT2D eigenvalue weighted by Crippen LogP contribution is -2.51. The van der Waals surface area contributed by atoms with Crippen molar-refractivity contribution in [2.24, 2.45) is 17.6 Å². The van der Waals surface area contributed by atoms with Gasteiger partial charge < -0.3 is 11.1 Å². The molecule has 2 aliphatic rings. The Hall–Kier alpha value is -0.570. The molecule has 3 heteroatoms. The number of rotatable bonds is 1. The highest BCUT2D eigenvalue weighted by atomic mass is 16.1. The first-order chi connectivity index (χ1) is 6.27. The number of amides is 1. The zero-order chi connectivity index (χ0) is 9.26. The van der Waals surface area contributed by atoms with Crippen LogP contribution in [0.2, 0.25) is 0 Å². The van der Waals surface area contributed by atoms with Gasteiger partial charge in [-0.1, -0.05) is 19.3 Å². The summed E-state index contributed by atoms with van der Waals surface area (Å²) in [5.41, 5.74) is 5.29. The molecule has 3 atom stereocenters. The minimum absolute atomic E-state index is 0.0562. The summed E-state index contributed by atoms with van der Waals surface area (Å²) in [6, 6.07) is -0.0562. The summed E-state index contributed by atoms with van der Waals surface area (Å²) >= 11 is 0. The van der Waals surface area contributed by atoms with Crippen molar-refractivity contribution >= 4 is 5.91 Å². The molecule has 0 radical (unpaired) electrons. The van der Waals surface area contributed by atoms with Crippen LogP contribution < -0.4 is 11.1 Å². The summed E-state index contributed by atoms with van der Waals surface area (Å²) in [7, 11) is 0. The molecule has 3 nitrogen and oxygen atoms in total. The number of hydrogen-bond acceptors (Lipinski definition) is 2. The lowest BCUT2D eigenvalue weighted by molar-refractivity contribution is -0.121. The maximum Gasteiger partial charge on any atom is 0.234 e. The van der Waals surface area contributed by atoms with Gasteiger partial charge in [-0.2, -0.15) is 0 Å². The van der Waals surface area contributed by atoms with Crippen LogP contribution in [0, 0.1) is 11.8 Å². The second-order valence-corrected chi connectivity index (χ2v) is 4.40. The second-order valence-electron chi connectivity index (χ2n) is 4.40. The number of carbonyl (C=O) groups is 1. The van der Waals surface area contributed by atoms with Crippen molar-refractivity contribution in [2.75, 3.05) is 6.54 Å². The van der Waals surface area contributed by atoms with Crippen LogP contribution in [0.4, 0.5) is 0 Å². The Morgan fingerprint density at radius 1 is 1.23 bits per heavy atom. The van der Waals surface area contributed by atoms with E-state index in [2.05, 4.69) is 5.32 Å². The van der Waals surface area contributed by atoms with Crippen molar-refractivity contribution in [3.05, 3.63) is 0 Å². The van der Waals surface area contributed by atoms with E-state index < -0.39 is 0 Å². The highest BCUT2D eigenvalue weighted by molar-refractivity contribution is 5.79. The average molecular weight is 182 g/mol. The molecule has 2 fully saturated rings. The summed E-state index contributed by atoms with van der Waals surface area (Å²) in [5, 5.41) is 3.24. The van der Waals surface area contributed by atoms with Crippen molar-refractivity contribution in [1.82, 2.24) is 5.32 Å². The topological polar surface area (TPSA) is 55.1 Å². The molecule has 1 aliphatic heterocycles. The van der Waals surface area contributed by atoms with Gasteiger partial charge in [0.05, 0.1) is 6.04 Å². The molecule has 1 aliphatic carbocycles. The summed E-state index contributed by atoms with van der Waals surface area (Å²) in [6.45, 7) is 0.998. The van der Waals surface area contributed by atoms with Crippen molar-refractivity contribution < 1.29 is 4.79 Å². The first kappa shape index (κ1) is 9.00. The Kier molecular flexibility index (Phi) is 2.54. The third-order valence-electron chi connectivity index (χ3n) is 3.57. The van der Waals surface area contributed by atoms with Crippen molar-refractivity contribution in [2.45, 2.75) is 38.1 Å². The molecular weight excluding hydrogens is 164 g/mol. The van der Waals surface area contributed by atoms with E-state index >= 15 is 0 Å². The maximum absolute atomic E-state index is 11.0. The van der Waals surface area contributed by atoms with Gasteiger partial charge in [-0.25, -0.2) is 0 Å². The van der Waals surface area contributed by atoms with Gasteiger partial charge in [0, 0.05) is 0 Å².